The summed E-state index contributed by atoms with van der Waals surface area (Å²) in [7, 11) is -4.19. The van der Waals surface area contributed by atoms with E-state index in [-0.39, 0.29) is 3.57 Å². The monoisotopic (exact) mass is 350 g/mol. The Kier molecular flexibility index (Phi) is 3.45. The molecule has 0 fully saturated rings. The van der Waals surface area contributed by atoms with E-state index in [1.807, 2.05) is 0 Å². The van der Waals surface area contributed by atoms with Gasteiger partial charge in [-0.3, -0.25) is 4.79 Å². The zero-order chi connectivity index (χ0) is 11.8. The number of nitrogens with one attached hydrogen (secondary N) is 1. The van der Waals surface area contributed by atoms with Gasteiger partial charge in [0.05, 0.1) is 5.69 Å². The average molecular weight is 350 g/mol. The number of aromatic nitrogens is 1. The quantitative estimate of drug-likeness (QED) is 0.764. The molecule has 0 unspecified atom stereocenters. The fourth-order valence-corrected chi connectivity index (χ4v) is 2.36. The maximum Gasteiger partial charge on any atom is 0.279 e. The Morgan fingerprint density at radius 1 is 1.47 bits per heavy atom. The second kappa shape index (κ2) is 4.14. The van der Waals surface area contributed by atoms with Gasteiger partial charge in [-0.1, -0.05) is 0 Å². The average Bonchev–Trinajstić information content (AvgIpc) is 2.06. The third-order valence-corrected chi connectivity index (χ3v) is 3.32. The van der Waals surface area contributed by atoms with Crippen LogP contribution in [-0.2, 0) is 10.0 Å². The SMILES string of the molecule is NS(=O)(=O)c1cc(I)c(C(F)F)[nH]c1=O. The molecule has 84 valence electrons. The maximum atomic E-state index is 12.3. The largest absolute Gasteiger partial charge is 0.319 e. The van der Waals surface area contributed by atoms with Gasteiger partial charge in [0.1, 0.15) is 4.90 Å². The number of sulfonamides is 1. The summed E-state index contributed by atoms with van der Waals surface area (Å²) in [5.41, 5.74) is -1.76. The number of alkyl halides is 2. The van der Waals surface area contributed by atoms with Crippen molar-refractivity contribution < 1.29 is 17.2 Å². The smallest absolute Gasteiger partial charge is 0.279 e. The standard InChI is InChI=1S/C6H5F2IN2O3S/c7-5(8)4-2(9)1-3(6(12)11-4)15(10,13)14/h1,5H,(H,11,12)(H2,10,13,14). The molecule has 9 heteroatoms. The van der Waals surface area contributed by atoms with Crippen molar-refractivity contribution in [2.75, 3.05) is 0 Å². The second-order valence-electron chi connectivity index (χ2n) is 2.57. The molecule has 0 bridgehead atoms. The van der Waals surface area contributed by atoms with Gasteiger partial charge in [0, 0.05) is 3.57 Å². The van der Waals surface area contributed by atoms with Crippen LogP contribution in [0.4, 0.5) is 8.78 Å². The summed E-state index contributed by atoms with van der Waals surface area (Å²) in [6.45, 7) is 0. The number of halogens is 3. The first kappa shape index (κ1) is 12.5. The first-order valence-electron chi connectivity index (χ1n) is 3.47. The third kappa shape index (κ3) is 2.72. The van der Waals surface area contributed by atoms with Crippen LogP contribution in [0.2, 0.25) is 0 Å². The zero-order valence-electron chi connectivity index (χ0n) is 7.00. The Bertz CT molecular complexity index is 540. The molecule has 0 atom stereocenters. The fraction of sp³-hybridized carbons (Fsp3) is 0.167. The number of rotatable bonds is 2. The molecule has 0 aromatic carbocycles. The topological polar surface area (TPSA) is 93.0 Å². The van der Waals surface area contributed by atoms with Crippen molar-refractivity contribution in [3.05, 3.63) is 25.7 Å². The van der Waals surface area contributed by atoms with E-state index in [9.17, 15) is 22.0 Å². The molecule has 5 nitrogen and oxygen atoms in total. The first-order chi connectivity index (χ1) is 6.73. The van der Waals surface area contributed by atoms with Crippen molar-refractivity contribution in [1.29, 1.82) is 0 Å². The van der Waals surface area contributed by atoms with E-state index < -0.39 is 32.6 Å². The minimum Gasteiger partial charge on any atom is -0.319 e. The summed E-state index contributed by atoms with van der Waals surface area (Å²) >= 11 is 1.49. The summed E-state index contributed by atoms with van der Waals surface area (Å²) in [4.78, 5) is 12.1. The molecule has 1 rings (SSSR count). The highest BCUT2D eigenvalue weighted by Gasteiger charge is 2.19. The number of pyridine rings is 1. The summed E-state index contributed by atoms with van der Waals surface area (Å²) in [6.07, 6.45) is -2.88. The van der Waals surface area contributed by atoms with Crippen molar-refractivity contribution in [2.45, 2.75) is 11.3 Å². The van der Waals surface area contributed by atoms with Crippen LogP contribution >= 0.6 is 22.6 Å². The zero-order valence-corrected chi connectivity index (χ0v) is 9.97. The molecule has 0 saturated heterocycles. The second-order valence-corrected chi connectivity index (χ2v) is 5.26. The highest BCUT2D eigenvalue weighted by molar-refractivity contribution is 14.1. The highest BCUT2D eigenvalue weighted by atomic mass is 127. The summed E-state index contributed by atoms with van der Waals surface area (Å²) < 4.78 is 46.2. The van der Waals surface area contributed by atoms with Crippen LogP contribution in [0.25, 0.3) is 0 Å². The van der Waals surface area contributed by atoms with Crippen molar-refractivity contribution in [1.82, 2.24) is 4.98 Å². The minimum atomic E-state index is -4.19. The number of aromatic amines is 1. The van der Waals surface area contributed by atoms with Gasteiger partial charge in [0.25, 0.3) is 12.0 Å². The molecule has 0 amide bonds. The van der Waals surface area contributed by atoms with Gasteiger partial charge in [-0.2, -0.15) is 0 Å². The van der Waals surface area contributed by atoms with Crippen molar-refractivity contribution in [3.8, 4) is 0 Å². The molecular weight excluding hydrogens is 345 g/mol. The minimum absolute atomic E-state index is 0.0637. The van der Waals surface area contributed by atoms with Gasteiger partial charge in [0.2, 0.25) is 10.0 Å². The summed E-state index contributed by atoms with van der Waals surface area (Å²) in [6, 6.07) is 0.816. The van der Waals surface area contributed by atoms with E-state index in [4.69, 9.17) is 5.14 Å². The van der Waals surface area contributed by atoms with E-state index in [0.717, 1.165) is 6.07 Å². The van der Waals surface area contributed by atoms with Crippen LogP contribution < -0.4 is 10.7 Å². The van der Waals surface area contributed by atoms with Crippen LogP contribution in [-0.4, -0.2) is 13.4 Å². The molecule has 3 N–H and O–H groups in total. The van der Waals surface area contributed by atoms with Gasteiger partial charge in [0.15, 0.2) is 0 Å². The Balaban J connectivity index is 3.53. The Morgan fingerprint density at radius 2 is 2.00 bits per heavy atom. The highest BCUT2D eigenvalue weighted by Crippen LogP contribution is 2.21. The molecule has 0 spiro atoms. The predicted molar refractivity (Wildman–Crippen MR) is 56.1 cm³/mol. The van der Waals surface area contributed by atoms with Crippen molar-refractivity contribution in [2.24, 2.45) is 5.14 Å². The van der Waals surface area contributed by atoms with E-state index in [1.165, 1.54) is 22.6 Å². The van der Waals surface area contributed by atoms with Crippen LogP contribution in [0, 0.1) is 3.57 Å². The Morgan fingerprint density at radius 3 is 2.40 bits per heavy atom. The summed E-state index contributed by atoms with van der Waals surface area (Å²) in [5.74, 6) is 0. The van der Waals surface area contributed by atoms with Gasteiger partial charge in [-0.25, -0.2) is 22.3 Å². The number of H-pyrrole nitrogens is 1. The lowest BCUT2D eigenvalue weighted by molar-refractivity contribution is 0.144. The lowest BCUT2D eigenvalue weighted by atomic mass is 10.4. The Hall–Kier alpha value is -0.550. The number of hydrogen-bond acceptors (Lipinski definition) is 3. The number of hydrogen-bond donors (Lipinski definition) is 2. The van der Waals surface area contributed by atoms with Crippen LogP contribution in [0.1, 0.15) is 12.1 Å². The molecule has 0 saturated carbocycles. The van der Waals surface area contributed by atoms with Gasteiger partial charge in [-0.05, 0) is 28.7 Å². The van der Waals surface area contributed by atoms with Gasteiger partial charge in [-0.15, -0.1) is 0 Å². The van der Waals surface area contributed by atoms with Crippen molar-refractivity contribution in [3.63, 3.8) is 0 Å². The van der Waals surface area contributed by atoms with E-state index in [2.05, 4.69) is 0 Å². The molecule has 0 aliphatic rings. The van der Waals surface area contributed by atoms with Crippen molar-refractivity contribution >= 4 is 32.6 Å². The lowest BCUT2D eigenvalue weighted by Gasteiger charge is -2.04. The predicted octanol–water partition coefficient (Wildman–Crippen LogP) is 0.565. The van der Waals surface area contributed by atoms with Crippen LogP contribution in [0.15, 0.2) is 15.8 Å². The molecule has 15 heavy (non-hydrogen) atoms. The number of primary sulfonamides is 1. The van der Waals surface area contributed by atoms with Gasteiger partial charge >= 0.3 is 0 Å². The lowest BCUT2D eigenvalue weighted by Crippen LogP contribution is -2.24. The molecule has 1 aromatic heterocycles. The molecule has 1 heterocycles. The molecular formula is C6H5F2IN2O3S. The van der Waals surface area contributed by atoms with E-state index in [1.54, 1.807) is 4.98 Å². The number of nitrogens with two attached hydrogens (primary N) is 1. The van der Waals surface area contributed by atoms with E-state index in [0.29, 0.717) is 0 Å². The fourth-order valence-electron chi connectivity index (χ4n) is 0.872. The first-order valence-corrected chi connectivity index (χ1v) is 6.09. The third-order valence-electron chi connectivity index (χ3n) is 1.51. The molecule has 0 radical (unpaired) electrons. The van der Waals surface area contributed by atoms with Gasteiger partial charge < -0.3 is 4.98 Å². The van der Waals surface area contributed by atoms with Crippen LogP contribution in [0.5, 0.6) is 0 Å². The molecule has 0 aliphatic carbocycles. The molecule has 0 aliphatic heterocycles. The Labute approximate surface area is 96.9 Å². The molecule has 1 aromatic rings. The maximum absolute atomic E-state index is 12.3. The normalized spacial score (nSPS) is 12.1. The van der Waals surface area contributed by atoms with E-state index >= 15 is 0 Å². The van der Waals surface area contributed by atoms with Crippen LogP contribution in [0.3, 0.4) is 0 Å². The summed E-state index contributed by atoms with van der Waals surface area (Å²) in [5, 5.41) is 4.71.